The molecule has 6 nitrogen and oxygen atoms in total. The Hall–Kier alpha value is -2.80. The Bertz CT molecular complexity index is 841. The molecule has 3 aliphatic heterocycles. The molecule has 2 fully saturated rings. The van der Waals surface area contributed by atoms with Crippen LogP contribution in [0.15, 0.2) is 47.8 Å². The maximum absolute atomic E-state index is 9.28. The number of benzene rings is 1. The summed E-state index contributed by atoms with van der Waals surface area (Å²) in [4.78, 5) is 4.09. The summed E-state index contributed by atoms with van der Waals surface area (Å²) in [7, 11) is 0. The van der Waals surface area contributed by atoms with Crippen LogP contribution in [0.1, 0.15) is 27.7 Å². The van der Waals surface area contributed by atoms with Gasteiger partial charge in [-0.05, 0) is 39.8 Å². The Morgan fingerprint density at radius 3 is 1.58 bits per heavy atom. The molecule has 3 aliphatic rings. The van der Waals surface area contributed by atoms with Crippen molar-refractivity contribution in [2.75, 3.05) is 9.80 Å². The molecule has 0 aliphatic carbocycles. The Balaban J connectivity index is 1.97. The van der Waals surface area contributed by atoms with E-state index in [1.54, 1.807) is 12.2 Å². The summed E-state index contributed by atoms with van der Waals surface area (Å²) in [6.45, 7) is 7.81. The summed E-state index contributed by atoms with van der Waals surface area (Å²) < 4.78 is 12.7. The molecule has 0 aromatic heterocycles. The molecule has 3 heterocycles. The molecule has 0 spiro atoms. The van der Waals surface area contributed by atoms with Crippen LogP contribution in [-0.4, -0.2) is 23.7 Å². The highest BCUT2D eigenvalue weighted by atomic mass is 16.6. The van der Waals surface area contributed by atoms with Crippen molar-refractivity contribution < 1.29 is 9.47 Å². The van der Waals surface area contributed by atoms with Gasteiger partial charge in [-0.2, -0.15) is 10.5 Å². The first-order valence-electron chi connectivity index (χ1n) is 8.55. The van der Waals surface area contributed by atoms with Crippen LogP contribution in [0, 0.1) is 22.7 Å². The molecular weight excluding hydrogens is 328 g/mol. The van der Waals surface area contributed by atoms with Gasteiger partial charge in [0.05, 0.1) is 34.9 Å². The number of hydrogen-bond donors (Lipinski definition) is 0. The van der Waals surface area contributed by atoms with E-state index >= 15 is 0 Å². The summed E-state index contributed by atoms with van der Waals surface area (Å²) in [5.41, 5.74) is 2.22. The van der Waals surface area contributed by atoms with E-state index in [1.807, 2.05) is 61.8 Å². The second-order valence-corrected chi connectivity index (χ2v) is 7.58. The van der Waals surface area contributed by atoms with Gasteiger partial charge in [-0.1, -0.05) is 12.1 Å². The second kappa shape index (κ2) is 5.35. The average Bonchev–Trinajstić information content (AvgIpc) is 3.00. The van der Waals surface area contributed by atoms with Gasteiger partial charge in [0, 0.05) is 12.2 Å². The van der Waals surface area contributed by atoms with Crippen molar-refractivity contribution in [1.82, 2.24) is 0 Å². The Morgan fingerprint density at radius 1 is 0.846 bits per heavy atom. The highest BCUT2D eigenvalue weighted by Crippen LogP contribution is 2.54. The summed E-state index contributed by atoms with van der Waals surface area (Å²) in [5, 5.41) is 18.6. The van der Waals surface area contributed by atoms with Crippen LogP contribution < -0.4 is 9.80 Å². The minimum atomic E-state index is -0.626. The zero-order chi connectivity index (χ0) is 18.7. The van der Waals surface area contributed by atoms with Crippen molar-refractivity contribution >= 4 is 11.4 Å². The first-order chi connectivity index (χ1) is 12.3. The number of allylic oxidation sites excluding steroid dienone is 2. The van der Waals surface area contributed by atoms with Crippen molar-refractivity contribution in [2.45, 2.75) is 51.4 Å². The lowest BCUT2D eigenvalue weighted by Gasteiger charge is -2.41. The number of hydrogen-bond acceptors (Lipinski definition) is 6. The van der Waals surface area contributed by atoms with Gasteiger partial charge in [0.25, 0.3) is 0 Å². The highest BCUT2D eigenvalue weighted by molar-refractivity contribution is 5.81. The number of nitriles is 2. The van der Waals surface area contributed by atoms with Crippen LogP contribution in [-0.2, 0) is 9.47 Å². The molecule has 26 heavy (non-hydrogen) atoms. The van der Waals surface area contributed by atoms with Crippen molar-refractivity contribution in [3.63, 3.8) is 0 Å². The molecule has 0 saturated carbocycles. The van der Waals surface area contributed by atoms with Crippen LogP contribution in [0.5, 0.6) is 0 Å². The molecular formula is C20H20N4O2. The van der Waals surface area contributed by atoms with Gasteiger partial charge in [-0.3, -0.25) is 0 Å². The molecule has 0 N–H and O–H groups in total. The van der Waals surface area contributed by atoms with Crippen LogP contribution >= 0.6 is 0 Å². The largest absolute Gasteiger partial charge is 0.341 e. The molecule has 2 unspecified atom stereocenters. The van der Waals surface area contributed by atoms with E-state index in [4.69, 9.17) is 9.47 Å². The standard InChI is InChI=1S/C20H20N4O2/c1-19(2)15(9-11-21)23-13-7-5-6-8-14(13)24-16(10-12-22)20(3,4)26-18(24)17(23)25-19/h5-10,17-18H,1-4H3/b15-9+,16-10+. The monoisotopic (exact) mass is 348 g/mol. The van der Waals surface area contributed by atoms with Crippen LogP contribution in [0.3, 0.4) is 0 Å². The second-order valence-electron chi connectivity index (χ2n) is 7.58. The molecule has 4 rings (SSSR count). The van der Waals surface area contributed by atoms with Crippen molar-refractivity contribution in [3.8, 4) is 12.1 Å². The fourth-order valence-corrected chi connectivity index (χ4v) is 4.07. The van der Waals surface area contributed by atoms with E-state index in [0.717, 1.165) is 22.8 Å². The maximum atomic E-state index is 9.28. The SMILES string of the molecule is CC1(C)OC2C3OC(C)(C)/C(=C\C#N)N3c3ccccc3N2/C1=C/C#N. The van der Waals surface area contributed by atoms with Crippen molar-refractivity contribution in [3.05, 3.63) is 47.8 Å². The van der Waals surface area contributed by atoms with Crippen LogP contribution in [0.25, 0.3) is 0 Å². The molecule has 1 aromatic rings. The van der Waals surface area contributed by atoms with E-state index in [-0.39, 0.29) is 0 Å². The van der Waals surface area contributed by atoms with E-state index in [2.05, 4.69) is 12.1 Å². The van der Waals surface area contributed by atoms with Gasteiger partial charge in [0.2, 0.25) is 0 Å². The minimum Gasteiger partial charge on any atom is -0.341 e. The predicted octanol–water partition coefficient (Wildman–Crippen LogP) is 3.40. The zero-order valence-corrected chi connectivity index (χ0v) is 15.2. The first-order valence-corrected chi connectivity index (χ1v) is 8.55. The van der Waals surface area contributed by atoms with E-state index in [1.165, 1.54) is 0 Å². The Labute approximate surface area is 153 Å². The summed E-state index contributed by atoms with van der Waals surface area (Å²) >= 11 is 0. The lowest BCUT2D eigenvalue weighted by Crippen LogP contribution is -2.51. The Morgan fingerprint density at radius 2 is 1.23 bits per heavy atom. The van der Waals surface area contributed by atoms with Crippen LogP contribution in [0.4, 0.5) is 11.4 Å². The molecule has 0 bridgehead atoms. The average molecular weight is 348 g/mol. The molecule has 0 radical (unpaired) electrons. The third-order valence-electron chi connectivity index (χ3n) is 5.14. The van der Waals surface area contributed by atoms with Gasteiger partial charge in [-0.25, -0.2) is 0 Å². The molecule has 2 saturated heterocycles. The number of ether oxygens (including phenoxy) is 2. The quantitative estimate of drug-likeness (QED) is 0.669. The smallest absolute Gasteiger partial charge is 0.181 e. The molecule has 132 valence electrons. The van der Waals surface area contributed by atoms with Gasteiger partial charge >= 0.3 is 0 Å². The normalized spacial score (nSPS) is 30.5. The summed E-state index contributed by atoms with van der Waals surface area (Å²) in [6.07, 6.45) is 2.25. The molecule has 0 amide bonds. The van der Waals surface area contributed by atoms with Gasteiger partial charge in [0.1, 0.15) is 11.2 Å². The number of nitrogens with zero attached hydrogens (tertiary/aromatic N) is 4. The molecule has 6 heteroatoms. The third kappa shape index (κ3) is 2.10. The molecule has 1 aromatic carbocycles. The van der Waals surface area contributed by atoms with E-state index in [9.17, 15) is 10.5 Å². The molecule has 2 atom stereocenters. The van der Waals surface area contributed by atoms with E-state index < -0.39 is 23.7 Å². The third-order valence-corrected chi connectivity index (χ3v) is 5.14. The number of anilines is 2. The predicted molar refractivity (Wildman–Crippen MR) is 96.7 cm³/mol. The minimum absolute atomic E-state index is 0.414. The first kappa shape index (κ1) is 16.7. The zero-order valence-electron chi connectivity index (χ0n) is 15.2. The fraction of sp³-hybridized carbons (Fsp3) is 0.400. The lowest BCUT2D eigenvalue weighted by atomic mass is 10.0. The van der Waals surface area contributed by atoms with Gasteiger partial charge in [-0.15, -0.1) is 0 Å². The van der Waals surface area contributed by atoms with Crippen molar-refractivity contribution in [2.24, 2.45) is 0 Å². The van der Waals surface area contributed by atoms with Crippen LogP contribution in [0.2, 0.25) is 0 Å². The van der Waals surface area contributed by atoms with Gasteiger partial charge in [0.15, 0.2) is 12.5 Å². The van der Waals surface area contributed by atoms with E-state index in [0.29, 0.717) is 0 Å². The number of para-hydroxylation sites is 2. The highest BCUT2D eigenvalue weighted by Gasteiger charge is 2.58. The summed E-state index contributed by atoms with van der Waals surface area (Å²) in [5.74, 6) is 0. The van der Waals surface area contributed by atoms with Gasteiger partial charge < -0.3 is 19.3 Å². The Kier molecular flexibility index (Phi) is 3.43. The number of fused-ring (bicyclic) bond motifs is 6. The van der Waals surface area contributed by atoms with Crippen molar-refractivity contribution in [1.29, 1.82) is 10.5 Å². The maximum Gasteiger partial charge on any atom is 0.181 e. The summed E-state index contributed by atoms with van der Waals surface area (Å²) in [6, 6.07) is 12.2. The topological polar surface area (TPSA) is 72.5 Å². The fourth-order valence-electron chi connectivity index (χ4n) is 4.07. The number of rotatable bonds is 0. The lowest BCUT2D eigenvalue weighted by molar-refractivity contribution is -0.105.